The van der Waals surface area contributed by atoms with E-state index in [-0.39, 0.29) is 24.8 Å². The van der Waals surface area contributed by atoms with Crippen molar-refractivity contribution in [1.82, 2.24) is 5.43 Å². The molecule has 6 heteroatoms. The Morgan fingerprint density at radius 3 is 2.45 bits per heavy atom. The Labute approximate surface area is 169 Å². The molecule has 0 bridgehead atoms. The number of nitrogens with one attached hydrogen (secondary N) is 2. The number of carbonyl (C=O) groups excluding carboxylic acids is 2. The summed E-state index contributed by atoms with van der Waals surface area (Å²) in [6.07, 6.45) is 0.0752. The molecule has 0 spiro atoms. The van der Waals surface area contributed by atoms with Crippen molar-refractivity contribution in [2.75, 3.05) is 11.9 Å². The molecule has 0 aliphatic rings. The van der Waals surface area contributed by atoms with Crippen LogP contribution >= 0.6 is 0 Å². The van der Waals surface area contributed by atoms with Gasteiger partial charge in [-0.05, 0) is 48.4 Å². The third kappa shape index (κ3) is 5.90. The molecule has 29 heavy (non-hydrogen) atoms. The average molecular weight is 389 g/mol. The van der Waals surface area contributed by atoms with E-state index in [2.05, 4.69) is 15.8 Å². The van der Waals surface area contributed by atoms with Gasteiger partial charge in [0, 0.05) is 11.4 Å². The normalized spacial score (nSPS) is 11.2. The Hall–Kier alpha value is -3.67. The highest BCUT2D eigenvalue weighted by Crippen LogP contribution is 2.19. The Morgan fingerprint density at radius 2 is 1.66 bits per heavy atom. The van der Waals surface area contributed by atoms with E-state index in [0.29, 0.717) is 11.5 Å². The van der Waals surface area contributed by atoms with Crippen molar-refractivity contribution < 1.29 is 14.3 Å². The number of hydrogen-bond acceptors (Lipinski definition) is 4. The highest BCUT2D eigenvalue weighted by Gasteiger charge is 2.07. The molecule has 6 nitrogen and oxygen atoms in total. The highest BCUT2D eigenvalue weighted by molar-refractivity contribution is 6.06. The topological polar surface area (TPSA) is 79.8 Å². The molecule has 3 aromatic rings. The molecule has 2 amide bonds. The van der Waals surface area contributed by atoms with E-state index in [0.717, 1.165) is 22.0 Å². The van der Waals surface area contributed by atoms with Gasteiger partial charge in [0.25, 0.3) is 5.91 Å². The van der Waals surface area contributed by atoms with Crippen LogP contribution in [0.5, 0.6) is 5.75 Å². The van der Waals surface area contributed by atoms with Crippen molar-refractivity contribution in [2.24, 2.45) is 5.10 Å². The van der Waals surface area contributed by atoms with Gasteiger partial charge in [-0.3, -0.25) is 9.59 Å². The van der Waals surface area contributed by atoms with Gasteiger partial charge in [0.15, 0.2) is 6.61 Å². The number of aryl methyl sites for hydroxylation is 1. The van der Waals surface area contributed by atoms with Gasteiger partial charge in [0.05, 0.1) is 6.42 Å². The second-order valence-electron chi connectivity index (χ2n) is 6.72. The molecule has 3 rings (SSSR count). The van der Waals surface area contributed by atoms with Crippen molar-refractivity contribution in [1.29, 1.82) is 0 Å². The number of rotatable bonds is 7. The molecule has 2 N–H and O–H groups in total. The summed E-state index contributed by atoms with van der Waals surface area (Å²) < 4.78 is 5.47. The van der Waals surface area contributed by atoms with Gasteiger partial charge in [-0.1, -0.05) is 48.5 Å². The lowest BCUT2D eigenvalue weighted by atomic mass is 10.1. The van der Waals surface area contributed by atoms with E-state index in [9.17, 15) is 9.59 Å². The predicted octanol–water partition coefficient (Wildman–Crippen LogP) is 4.05. The maximum Gasteiger partial charge on any atom is 0.277 e. The molecular weight excluding hydrogens is 366 g/mol. The molecule has 0 aliphatic carbocycles. The average Bonchev–Trinajstić information content (AvgIpc) is 2.71. The molecule has 148 valence electrons. The van der Waals surface area contributed by atoms with Crippen LogP contribution in [-0.4, -0.2) is 24.1 Å². The zero-order valence-corrected chi connectivity index (χ0v) is 16.4. The largest absolute Gasteiger partial charge is 0.483 e. The molecule has 0 unspecified atom stereocenters. The van der Waals surface area contributed by atoms with Crippen molar-refractivity contribution in [3.8, 4) is 5.75 Å². The molecular formula is C23H23N3O3. The third-order valence-electron chi connectivity index (χ3n) is 4.27. The number of anilines is 1. The fourth-order valence-electron chi connectivity index (χ4n) is 2.80. The molecule has 0 saturated carbocycles. The number of para-hydroxylation sites is 1. The van der Waals surface area contributed by atoms with Crippen LogP contribution in [0.4, 0.5) is 5.69 Å². The summed E-state index contributed by atoms with van der Waals surface area (Å²) in [5.41, 5.74) is 4.57. The lowest BCUT2D eigenvalue weighted by Crippen LogP contribution is -2.26. The van der Waals surface area contributed by atoms with Gasteiger partial charge in [0.2, 0.25) is 5.91 Å². The summed E-state index contributed by atoms with van der Waals surface area (Å²) >= 11 is 0. The summed E-state index contributed by atoms with van der Waals surface area (Å²) in [6, 6.07) is 21.1. The van der Waals surface area contributed by atoms with E-state index < -0.39 is 0 Å². The zero-order valence-electron chi connectivity index (χ0n) is 16.4. The first-order chi connectivity index (χ1) is 14.0. The Bertz CT molecular complexity index is 1060. The first-order valence-electron chi connectivity index (χ1n) is 9.30. The van der Waals surface area contributed by atoms with Crippen LogP contribution in [0.1, 0.15) is 18.9 Å². The molecule has 0 fully saturated rings. The SMILES string of the molecule is C/C(CC(=O)Nc1ccc2ccccc2c1)=N/NC(=O)COc1ccccc1C. The third-order valence-corrected chi connectivity index (χ3v) is 4.27. The van der Waals surface area contributed by atoms with Crippen LogP contribution in [0.3, 0.4) is 0 Å². The molecule has 0 aliphatic heterocycles. The summed E-state index contributed by atoms with van der Waals surface area (Å²) in [6.45, 7) is 3.44. The minimum Gasteiger partial charge on any atom is -0.483 e. The van der Waals surface area contributed by atoms with Gasteiger partial charge in [-0.2, -0.15) is 5.10 Å². The highest BCUT2D eigenvalue weighted by atomic mass is 16.5. The number of nitrogens with zero attached hydrogens (tertiary/aromatic N) is 1. The van der Waals surface area contributed by atoms with Crippen molar-refractivity contribution >= 4 is 34.0 Å². The maximum absolute atomic E-state index is 12.2. The minimum absolute atomic E-state index is 0.0752. The summed E-state index contributed by atoms with van der Waals surface area (Å²) in [7, 11) is 0. The van der Waals surface area contributed by atoms with E-state index in [4.69, 9.17) is 4.74 Å². The van der Waals surface area contributed by atoms with E-state index in [1.807, 2.05) is 67.6 Å². The second kappa shape index (κ2) is 9.50. The lowest BCUT2D eigenvalue weighted by Gasteiger charge is -2.08. The molecule has 0 heterocycles. The van der Waals surface area contributed by atoms with Gasteiger partial charge in [0.1, 0.15) is 5.75 Å². The van der Waals surface area contributed by atoms with Gasteiger partial charge < -0.3 is 10.1 Å². The van der Waals surface area contributed by atoms with E-state index in [1.54, 1.807) is 13.0 Å². The number of carbonyl (C=O) groups is 2. The smallest absolute Gasteiger partial charge is 0.277 e. The molecule has 0 aromatic heterocycles. The van der Waals surface area contributed by atoms with E-state index >= 15 is 0 Å². The standard InChI is InChI=1S/C23H23N3O3/c1-16-7-3-6-10-21(16)29-15-23(28)26-25-17(2)13-22(27)24-20-12-11-18-8-4-5-9-19(18)14-20/h3-12,14H,13,15H2,1-2H3,(H,24,27)(H,26,28)/b25-17-. The first kappa shape index (κ1) is 20.1. The zero-order chi connectivity index (χ0) is 20.6. The minimum atomic E-state index is -0.387. The first-order valence-corrected chi connectivity index (χ1v) is 9.30. The summed E-state index contributed by atoms with van der Waals surface area (Å²) in [4.78, 5) is 24.1. The number of hydrogen-bond donors (Lipinski definition) is 2. The number of fused-ring (bicyclic) bond motifs is 1. The van der Waals surface area contributed by atoms with Gasteiger partial charge in [-0.25, -0.2) is 5.43 Å². The van der Waals surface area contributed by atoms with Crippen LogP contribution in [0, 0.1) is 6.92 Å². The van der Waals surface area contributed by atoms with Gasteiger partial charge >= 0.3 is 0 Å². The Kier molecular flexibility index (Phi) is 6.58. The fraction of sp³-hybridized carbons (Fsp3) is 0.174. The van der Waals surface area contributed by atoms with Crippen molar-refractivity contribution in [2.45, 2.75) is 20.3 Å². The number of amides is 2. The van der Waals surface area contributed by atoms with Crippen molar-refractivity contribution in [3.63, 3.8) is 0 Å². The van der Waals surface area contributed by atoms with Crippen LogP contribution in [0.2, 0.25) is 0 Å². The number of ether oxygens (including phenoxy) is 1. The van der Waals surface area contributed by atoms with E-state index in [1.165, 1.54) is 0 Å². The summed E-state index contributed by atoms with van der Waals surface area (Å²) in [5, 5.41) is 8.98. The number of benzene rings is 3. The molecule has 0 atom stereocenters. The van der Waals surface area contributed by atoms with Gasteiger partial charge in [-0.15, -0.1) is 0 Å². The lowest BCUT2D eigenvalue weighted by molar-refractivity contribution is -0.123. The fourth-order valence-corrected chi connectivity index (χ4v) is 2.80. The Morgan fingerprint density at radius 1 is 0.931 bits per heavy atom. The molecule has 3 aromatic carbocycles. The van der Waals surface area contributed by atoms with Crippen LogP contribution in [-0.2, 0) is 9.59 Å². The van der Waals surface area contributed by atoms with Crippen molar-refractivity contribution in [3.05, 3.63) is 72.3 Å². The number of hydrazone groups is 1. The predicted molar refractivity (Wildman–Crippen MR) is 115 cm³/mol. The second-order valence-corrected chi connectivity index (χ2v) is 6.72. The Balaban J connectivity index is 1.47. The quantitative estimate of drug-likeness (QED) is 0.473. The molecule has 0 saturated heterocycles. The summed E-state index contributed by atoms with van der Waals surface area (Å²) in [5.74, 6) is 0.0626. The molecule has 0 radical (unpaired) electrons. The van der Waals surface area contributed by atoms with Crippen LogP contribution in [0.25, 0.3) is 10.8 Å². The van der Waals surface area contributed by atoms with Crippen LogP contribution in [0.15, 0.2) is 71.8 Å². The monoisotopic (exact) mass is 389 g/mol. The van der Waals surface area contributed by atoms with Crippen LogP contribution < -0.4 is 15.5 Å². The maximum atomic E-state index is 12.2.